The molecular formula is C16H13ClFN3S. The van der Waals surface area contributed by atoms with Crippen LogP contribution in [0.5, 0.6) is 0 Å². The van der Waals surface area contributed by atoms with Gasteiger partial charge in [-0.1, -0.05) is 12.1 Å². The molecule has 0 saturated carbocycles. The van der Waals surface area contributed by atoms with E-state index in [-0.39, 0.29) is 11.1 Å². The van der Waals surface area contributed by atoms with E-state index < -0.39 is 0 Å². The van der Waals surface area contributed by atoms with Crippen molar-refractivity contribution in [3.8, 4) is 11.1 Å². The standard InChI is InChI=1S/C16H13ClFN3S/c17-16-19-14(21-7-1-2-8-21)13-12(9-22-15(13)20-16)10-3-5-11(18)6-4-10/h3-6,9H,1-2,7-8H2. The summed E-state index contributed by atoms with van der Waals surface area (Å²) in [6.45, 7) is 1.97. The molecule has 0 radical (unpaired) electrons. The van der Waals surface area contributed by atoms with Gasteiger partial charge in [0.1, 0.15) is 16.5 Å². The zero-order valence-electron chi connectivity index (χ0n) is 11.7. The summed E-state index contributed by atoms with van der Waals surface area (Å²) in [4.78, 5) is 12.0. The Morgan fingerprint density at radius 3 is 2.55 bits per heavy atom. The minimum absolute atomic E-state index is 0.234. The van der Waals surface area contributed by atoms with Gasteiger partial charge >= 0.3 is 0 Å². The van der Waals surface area contributed by atoms with Crippen LogP contribution in [0.4, 0.5) is 10.2 Å². The maximum Gasteiger partial charge on any atom is 0.225 e. The highest BCUT2D eigenvalue weighted by Gasteiger charge is 2.21. The number of nitrogens with zero attached hydrogens (tertiary/aromatic N) is 3. The minimum atomic E-state index is -0.234. The van der Waals surface area contributed by atoms with Gasteiger partial charge in [0.25, 0.3) is 0 Å². The molecule has 3 aromatic rings. The maximum absolute atomic E-state index is 13.2. The third-order valence-corrected chi connectivity index (χ3v) is 4.99. The van der Waals surface area contributed by atoms with E-state index in [0.29, 0.717) is 0 Å². The van der Waals surface area contributed by atoms with Crippen molar-refractivity contribution in [3.05, 3.63) is 40.7 Å². The van der Waals surface area contributed by atoms with Gasteiger partial charge in [-0.05, 0) is 42.1 Å². The smallest absolute Gasteiger partial charge is 0.225 e. The van der Waals surface area contributed by atoms with E-state index in [2.05, 4.69) is 14.9 Å². The van der Waals surface area contributed by atoms with E-state index in [1.807, 2.05) is 5.38 Å². The summed E-state index contributed by atoms with van der Waals surface area (Å²) in [6, 6.07) is 6.54. The lowest BCUT2D eigenvalue weighted by atomic mass is 10.1. The first-order valence-corrected chi connectivity index (χ1v) is 8.44. The quantitative estimate of drug-likeness (QED) is 0.634. The van der Waals surface area contributed by atoms with Gasteiger partial charge < -0.3 is 4.90 Å². The molecule has 0 spiro atoms. The lowest BCUT2D eigenvalue weighted by Gasteiger charge is -2.18. The van der Waals surface area contributed by atoms with Crippen LogP contribution in [0.1, 0.15) is 12.8 Å². The first-order chi connectivity index (χ1) is 10.7. The number of thiophene rings is 1. The Kier molecular flexibility index (Phi) is 3.47. The normalized spacial score (nSPS) is 14.9. The molecule has 0 N–H and O–H groups in total. The van der Waals surface area contributed by atoms with E-state index in [1.54, 1.807) is 23.5 Å². The number of hydrogen-bond acceptors (Lipinski definition) is 4. The van der Waals surface area contributed by atoms with Gasteiger partial charge in [-0.25, -0.2) is 9.37 Å². The summed E-state index contributed by atoms with van der Waals surface area (Å²) >= 11 is 7.63. The second-order valence-electron chi connectivity index (χ2n) is 5.35. The maximum atomic E-state index is 13.2. The number of fused-ring (bicyclic) bond motifs is 1. The Bertz CT molecular complexity index is 825. The monoisotopic (exact) mass is 333 g/mol. The summed E-state index contributed by atoms with van der Waals surface area (Å²) in [5, 5.41) is 3.34. The van der Waals surface area contributed by atoms with Gasteiger partial charge in [0.05, 0.1) is 5.39 Å². The second kappa shape index (κ2) is 5.48. The Hall–Kier alpha value is -1.72. The molecule has 3 nitrogen and oxygen atoms in total. The fourth-order valence-electron chi connectivity index (χ4n) is 2.90. The van der Waals surface area contributed by atoms with Crippen molar-refractivity contribution in [1.29, 1.82) is 0 Å². The van der Waals surface area contributed by atoms with Crippen LogP contribution in [-0.2, 0) is 0 Å². The molecule has 22 heavy (non-hydrogen) atoms. The molecule has 1 aromatic carbocycles. The number of aromatic nitrogens is 2. The van der Waals surface area contributed by atoms with Crippen LogP contribution in [0.15, 0.2) is 29.6 Å². The first kappa shape index (κ1) is 13.9. The molecular weight excluding hydrogens is 321 g/mol. The molecule has 6 heteroatoms. The number of benzene rings is 1. The summed E-state index contributed by atoms with van der Waals surface area (Å²) in [5.41, 5.74) is 2.01. The van der Waals surface area contributed by atoms with Gasteiger partial charge in [-0.2, -0.15) is 4.98 Å². The fourth-order valence-corrected chi connectivity index (χ4v) is 4.05. The SMILES string of the molecule is Fc1ccc(-c2csc3nc(Cl)nc(N4CCCC4)c23)cc1. The second-order valence-corrected chi connectivity index (χ2v) is 6.54. The van der Waals surface area contributed by atoms with Crippen molar-refractivity contribution >= 4 is 39.0 Å². The fraction of sp³-hybridized carbons (Fsp3) is 0.250. The molecule has 1 saturated heterocycles. The Balaban J connectivity index is 1.94. The summed E-state index contributed by atoms with van der Waals surface area (Å²) < 4.78 is 13.2. The Morgan fingerprint density at radius 2 is 1.82 bits per heavy atom. The largest absolute Gasteiger partial charge is 0.356 e. The van der Waals surface area contributed by atoms with Crippen molar-refractivity contribution in [3.63, 3.8) is 0 Å². The van der Waals surface area contributed by atoms with Crippen LogP contribution >= 0.6 is 22.9 Å². The van der Waals surface area contributed by atoms with Crippen LogP contribution < -0.4 is 4.90 Å². The molecule has 0 amide bonds. The number of halogens is 2. The molecule has 0 unspecified atom stereocenters. The molecule has 3 heterocycles. The van der Waals surface area contributed by atoms with E-state index in [9.17, 15) is 4.39 Å². The van der Waals surface area contributed by atoms with E-state index in [4.69, 9.17) is 11.6 Å². The van der Waals surface area contributed by atoms with Crippen LogP contribution in [0.25, 0.3) is 21.3 Å². The zero-order valence-corrected chi connectivity index (χ0v) is 13.3. The topological polar surface area (TPSA) is 29.0 Å². The predicted octanol–water partition coefficient (Wildman–Crippen LogP) is 4.75. The van der Waals surface area contributed by atoms with Crippen LogP contribution in [0, 0.1) is 5.82 Å². The minimum Gasteiger partial charge on any atom is -0.356 e. The van der Waals surface area contributed by atoms with Crippen LogP contribution in [0.2, 0.25) is 5.28 Å². The molecule has 1 aliphatic heterocycles. The van der Waals surface area contributed by atoms with Gasteiger partial charge in [-0.15, -0.1) is 11.3 Å². The molecule has 1 fully saturated rings. The van der Waals surface area contributed by atoms with E-state index >= 15 is 0 Å². The molecule has 112 valence electrons. The van der Waals surface area contributed by atoms with Gasteiger partial charge in [0.2, 0.25) is 5.28 Å². The van der Waals surface area contributed by atoms with Crippen molar-refractivity contribution in [2.45, 2.75) is 12.8 Å². The average molecular weight is 334 g/mol. The molecule has 0 aliphatic carbocycles. The third kappa shape index (κ3) is 2.34. The van der Waals surface area contributed by atoms with Crippen molar-refractivity contribution in [2.24, 2.45) is 0 Å². The molecule has 0 bridgehead atoms. The van der Waals surface area contributed by atoms with Crippen LogP contribution in [0.3, 0.4) is 0 Å². The Morgan fingerprint density at radius 1 is 1.09 bits per heavy atom. The highest BCUT2D eigenvalue weighted by Crippen LogP contribution is 2.39. The summed E-state index contributed by atoms with van der Waals surface area (Å²) in [5.74, 6) is 0.662. The highest BCUT2D eigenvalue weighted by molar-refractivity contribution is 7.17. The Labute approximate surface area is 136 Å². The van der Waals surface area contributed by atoms with E-state index in [1.165, 1.54) is 25.0 Å². The lowest BCUT2D eigenvalue weighted by Crippen LogP contribution is -2.19. The van der Waals surface area contributed by atoms with Gasteiger partial charge in [0.15, 0.2) is 0 Å². The molecule has 4 rings (SSSR count). The first-order valence-electron chi connectivity index (χ1n) is 7.18. The zero-order chi connectivity index (χ0) is 15.1. The number of anilines is 1. The predicted molar refractivity (Wildman–Crippen MR) is 89.3 cm³/mol. The molecule has 0 atom stereocenters. The summed E-state index contributed by atoms with van der Waals surface area (Å²) in [7, 11) is 0. The van der Waals surface area contributed by atoms with Gasteiger partial charge in [0, 0.05) is 24.0 Å². The number of hydrogen-bond donors (Lipinski definition) is 0. The van der Waals surface area contributed by atoms with Crippen LogP contribution in [-0.4, -0.2) is 23.1 Å². The molecule has 2 aromatic heterocycles. The lowest BCUT2D eigenvalue weighted by molar-refractivity contribution is 0.628. The van der Waals surface area contributed by atoms with Crippen molar-refractivity contribution in [2.75, 3.05) is 18.0 Å². The van der Waals surface area contributed by atoms with Crippen molar-refractivity contribution in [1.82, 2.24) is 9.97 Å². The molecule has 1 aliphatic rings. The van der Waals surface area contributed by atoms with Gasteiger partial charge in [-0.3, -0.25) is 0 Å². The third-order valence-electron chi connectivity index (χ3n) is 3.95. The summed E-state index contributed by atoms with van der Waals surface area (Å²) in [6.07, 6.45) is 2.33. The van der Waals surface area contributed by atoms with Crippen molar-refractivity contribution < 1.29 is 4.39 Å². The highest BCUT2D eigenvalue weighted by atomic mass is 35.5. The average Bonchev–Trinajstić information content (AvgIpc) is 3.16. The van der Waals surface area contributed by atoms with E-state index in [0.717, 1.165) is 40.3 Å². The number of rotatable bonds is 2.